The summed E-state index contributed by atoms with van der Waals surface area (Å²) in [6.07, 6.45) is 4.17. The van der Waals surface area contributed by atoms with Crippen LogP contribution in [-0.2, 0) is 0 Å². The van der Waals surface area contributed by atoms with Crippen LogP contribution in [0.15, 0.2) is 24.3 Å². The van der Waals surface area contributed by atoms with Gasteiger partial charge in [0.1, 0.15) is 5.82 Å². The van der Waals surface area contributed by atoms with Crippen LogP contribution in [0.3, 0.4) is 0 Å². The fourth-order valence-electron chi connectivity index (χ4n) is 2.29. The number of nitrogens with zero attached hydrogens (tertiary/aromatic N) is 1. The van der Waals surface area contributed by atoms with Crippen molar-refractivity contribution in [3.63, 3.8) is 0 Å². The van der Waals surface area contributed by atoms with E-state index in [1.807, 2.05) is 0 Å². The largest absolute Gasteiger partial charge is 0.303 e. The molecule has 0 aliphatic heterocycles. The minimum Gasteiger partial charge on any atom is -0.303 e. The fourth-order valence-corrected chi connectivity index (χ4v) is 2.29. The van der Waals surface area contributed by atoms with Crippen molar-refractivity contribution in [2.45, 2.75) is 32.6 Å². The lowest BCUT2D eigenvalue weighted by Gasteiger charge is -2.19. The van der Waals surface area contributed by atoms with Crippen molar-refractivity contribution in [3.8, 4) is 0 Å². The molecule has 19 heavy (non-hydrogen) atoms. The summed E-state index contributed by atoms with van der Waals surface area (Å²) in [6, 6.07) is 5.83. The fraction of sp³-hybridized carbons (Fsp3) is 0.562. The minimum atomic E-state index is -0.293. The Bertz CT molecular complexity index is 411. The Morgan fingerprint density at radius 3 is 2.58 bits per heavy atom. The van der Waals surface area contributed by atoms with Gasteiger partial charge in [-0.15, -0.1) is 0 Å². The second-order valence-corrected chi connectivity index (χ2v) is 5.37. The van der Waals surface area contributed by atoms with Gasteiger partial charge in [-0.05, 0) is 62.5 Å². The number of carbonyl (C=O) groups is 1. The molecule has 1 saturated carbocycles. The van der Waals surface area contributed by atoms with Crippen LogP contribution in [0.2, 0.25) is 0 Å². The molecule has 0 heterocycles. The quantitative estimate of drug-likeness (QED) is 0.669. The lowest BCUT2D eigenvalue weighted by molar-refractivity contribution is 0.0974. The Morgan fingerprint density at radius 2 is 2.00 bits per heavy atom. The van der Waals surface area contributed by atoms with Crippen molar-refractivity contribution < 1.29 is 9.18 Å². The van der Waals surface area contributed by atoms with E-state index in [1.165, 1.54) is 31.5 Å². The number of benzene rings is 1. The predicted octanol–water partition coefficient (Wildman–Crippen LogP) is 3.52. The van der Waals surface area contributed by atoms with Gasteiger partial charge in [-0.25, -0.2) is 4.39 Å². The molecule has 3 heteroatoms. The maximum Gasteiger partial charge on any atom is 0.162 e. The van der Waals surface area contributed by atoms with Crippen LogP contribution in [0.1, 0.15) is 43.0 Å². The number of hydrogen-bond acceptors (Lipinski definition) is 2. The summed E-state index contributed by atoms with van der Waals surface area (Å²) >= 11 is 0. The average molecular weight is 263 g/mol. The summed E-state index contributed by atoms with van der Waals surface area (Å²) in [4.78, 5) is 14.3. The van der Waals surface area contributed by atoms with E-state index in [0.717, 1.165) is 25.4 Å². The zero-order chi connectivity index (χ0) is 13.7. The van der Waals surface area contributed by atoms with E-state index in [2.05, 4.69) is 11.8 Å². The zero-order valence-corrected chi connectivity index (χ0v) is 11.6. The Labute approximate surface area is 114 Å². The maximum absolute atomic E-state index is 12.8. The normalized spacial score (nSPS) is 14.9. The molecule has 2 rings (SSSR count). The summed E-state index contributed by atoms with van der Waals surface area (Å²) in [6.45, 7) is 5.40. The maximum atomic E-state index is 12.8. The molecule has 0 amide bonds. The molecule has 1 aliphatic carbocycles. The SMILES string of the molecule is CCN(CCCC(=O)c1ccc(F)cc1)CC1CC1. The lowest BCUT2D eigenvalue weighted by Crippen LogP contribution is -2.27. The van der Waals surface area contributed by atoms with E-state index in [1.54, 1.807) is 12.1 Å². The predicted molar refractivity (Wildman–Crippen MR) is 74.8 cm³/mol. The molecule has 0 saturated heterocycles. The van der Waals surface area contributed by atoms with Gasteiger partial charge in [0.25, 0.3) is 0 Å². The molecule has 1 aromatic carbocycles. The molecular weight excluding hydrogens is 241 g/mol. The van der Waals surface area contributed by atoms with Crippen LogP contribution >= 0.6 is 0 Å². The molecular formula is C16H22FNO. The molecule has 0 radical (unpaired) electrons. The number of Topliss-reactive ketones (excluding diaryl/α,β-unsaturated/α-hetero) is 1. The van der Waals surface area contributed by atoms with Gasteiger partial charge in [-0.2, -0.15) is 0 Å². The van der Waals surface area contributed by atoms with E-state index in [0.29, 0.717) is 12.0 Å². The Morgan fingerprint density at radius 1 is 1.32 bits per heavy atom. The number of rotatable bonds is 8. The molecule has 0 aromatic heterocycles. The van der Waals surface area contributed by atoms with Crippen molar-refractivity contribution >= 4 is 5.78 Å². The Balaban J connectivity index is 1.71. The monoisotopic (exact) mass is 263 g/mol. The molecule has 0 bridgehead atoms. The molecule has 1 fully saturated rings. The second kappa shape index (κ2) is 6.80. The molecule has 1 aliphatic rings. The molecule has 0 N–H and O–H groups in total. The standard InChI is InChI=1S/C16H22FNO/c1-2-18(12-13-5-6-13)11-3-4-16(19)14-7-9-15(17)10-8-14/h7-10,13H,2-6,11-12H2,1H3. The van der Waals surface area contributed by atoms with Gasteiger partial charge in [0.05, 0.1) is 0 Å². The van der Waals surface area contributed by atoms with Gasteiger partial charge < -0.3 is 4.90 Å². The Hall–Kier alpha value is -1.22. The van der Waals surface area contributed by atoms with Gasteiger partial charge in [0.2, 0.25) is 0 Å². The van der Waals surface area contributed by atoms with Crippen molar-refractivity contribution in [2.75, 3.05) is 19.6 Å². The molecule has 0 unspecified atom stereocenters. The molecule has 0 spiro atoms. The number of hydrogen-bond donors (Lipinski definition) is 0. The van der Waals surface area contributed by atoms with Crippen LogP contribution in [0.5, 0.6) is 0 Å². The highest BCUT2D eigenvalue weighted by Crippen LogP contribution is 2.29. The van der Waals surface area contributed by atoms with E-state index in [-0.39, 0.29) is 11.6 Å². The Kier molecular flexibility index (Phi) is 5.08. The van der Waals surface area contributed by atoms with Gasteiger partial charge in [0.15, 0.2) is 5.78 Å². The van der Waals surface area contributed by atoms with Crippen molar-refractivity contribution in [1.29, 1.82) is 0 Å². The van der Waals surface area contributed by atoms with Gasteiger partial charge >= 0.3 is 0 Å². The van der Waals surface area contributed by atoms with Crippen molar-refractivity contribution in [3.05, 3.63) is 35.6 Å². The summed E-state index contributed by atoms with van der Waals surface area (Å²) in [5, 5.41) is 0. The first-order valence-electron chi connectivity index (χ1n) is 7.20. The average Bonchev–Trinajstić information content (AvgIpc) is 3.22. The van der Waals surface area contributed by atoms with Crippen LogP contribution in [0.4, 0.5) is 4.39 Å². The summed E-state index contributed by atoms with van der Waals surface area (Å²) in [5.41, 5.74) is 0.617. The second-order valence-electron chi connectivity index (χ2n) is 5.37. The molecule has 2 nitrogen and oxygen atoms in total. The molecule has 1 aromatic rings. The van der Waals surface area contributed by atoms with E-state index >= 15 is 0 Å². The van der Waals surface area contributed by atoms with Gasteiger partial charge in [-0.3, -0.25) is 4.79 Å². The third kappa shape index (κ3) is 4.75. The highest BCUT2D eigenvalue weighted by Gasteiger charge is 2.23. The first-order chi connectivity index (χ1) is 9.19. The van der Waals surface area contributed by atoms with Crippen LogP contribution in [0, 0.1) is 11.7 Å². The topological polar surface area (TPSA) is 20.3 Å². The third-order valence-electron chi connectivity index (χ3n) is 3.70. The number of ketones is 1. The number of halogens is 1. The van der Waals surface area contributed by atoms with Gasteiger partial charge in [0, 0.05) is 18.5 Å². The van der Waals surface area contributed by atoms with Crippen molar-refractivity contribution in [2.24, 2.45) is 5.92 Å². The van der Waals surface area contributed by atoms with Crippen LogP contribution in [0.25, 0.3) is 0 Å². The van der Waals surface area contributed by atoms with Crippen molar-refractivity contribution in [1.82, 2.24) is 4.90 Å². The molecule has 104 valence electrons. The van der Waals surface area contributed by atoms with Gasteiger partial charge in [-0.1, -0.05) is 6.92 Å². The highest BCUT2D eigenvalue weighted by atomic mass is 19.1. The van der Waals surface area contributed by atoms with Crippen LogP contribution < -0.4 is 0 Å². The zero-order valence-electron chi connectivity index (χ0n) is 11.6. The molecule has 0 atom stereocenters. The lowest BCUT2D eigenvalue weighted by atomic mass is 10.1. The van der Waals surface area contributed by atoms with E-state index < -0.39 is 0 Å². The number of carbonyl (C=O) groups excluding carboxylic acids is 1. The minimum absolute atomic E-state index is 0.113. The summed E-state index contributed by atoms with van der Waals surface area (Å²) < 4.78 is 12.8. The van der Waals surface area contributed by atoms with Crippen LogP contribution in [-0.4, -0.2) is 30.3 Å². The first kappa shape index (κ1) is 14.2. The summed E-state index contributed by atoms with van der Waals surface area (Å²) in [5.74, 6) is 0.716. The third-order valence-corrected chi connectivity index (χ3v) is 3.70. The van der Waals surface area contributed by atoms with E-state index in [9.17, 15) is 9.18 Å². The highest BCUT2D eigenvalue weighted by molar-refractivity contribution is 5.95. The smallest absolute Gasteiger partial charge is 0.162 e. The summed E-state index contributed by atoms with van der Waals surface area (Å²) in [7, 11) is 0. The first-order valence-corrected chi connectivity index (χ1v) is 7.20. The van der Waals surface area contributed by atoms with E-state index in [4.69, 9.17) is 0 Å².